The van der Waals surface area contributed by atoms with Crippen molar-refractivity contribution in [2.75, 3.05) is 33.9 Å². The van der Waals surface area contributed by atoms with Gasteiger partial charge in [0, 0.05) is 6.54 Å². The molecule has 0 saturated carbocycles. The Morgan fingerprint density at radius 2 is 1.60 bits per heavy atom. The Hall–Kier alpha value is -2.53. The molecule has 2 aromatic carbocycles. The van der Waals surface area contributed by atoms with Crippen molar-refractivity contribution in [2.24, 2.45) is 0 Å². The Morgan fingerprint density at radius 1 is 1.00 bits per heavy atom. The van der Waals surface area contributed by atoms with Crippen LogP contribution in [0.5, 0.6) is 11.5 Å². The van der Waals surface area contributed by atoms with Crippen molar-refractivity contribution in [2.45, 2.75) is 13.0 Å². The summed E-state index contributed by atoms with van der Waals surface area (Å²) in [4.78, 5) is 14.2. The van der Waals surface area contributed by atoms with Gasteiger partial charge in [0.25, 0.3) is 5.91 Å². The molecular weight excluding hydrogens is 316 g/mol. The minimum Gasteiger partial charge on any atom is -0.490 e. The predicted octanol–water partition coefficient (Wildman–Crippen LogP) is 2.88. The first-order chi connectivity index (χ1) is 12.1. The van der Waals surface area contributed by atoms with Crippen molar-refractivity contribution in [3.05, 3.63) is 60.2 Å². The van der Waals surface area contributed by atoms with Gasteiger partial charge in [-0.05, 0) is 38.7 Å². The molecule has 1 amide bonds. The van der Waals surface area contributed by atoms with Crippen LogP contribution in [0, 0.1) is 0 Å². The number of carbonyl (C=O) groups is 1. The quantitative estimate of drug-likeness (QED) is 0.761. The summed E-state index contributed by atoms with van der Waals surface area (Å²) in [6, 6.07) is 17.6. The fourth-order valence-corrected chi connectivity index (χ4v) is 2.52. The van der Waals surface area contributed by atoms with E-state index in [2.05, 4.69) is 22.3 Å². The highest BCUT2D eigenvalue weighted by molar-refractivity contribution is 5.77. The van der Waals surface area contributed by atoms with Crippen LogP contribution in [0.2, 0.25) is 0 Å². The molecule has 0 bridgehead atoms. The third-order valence-corrected chi connectivity index (χ3v) is 3.81. The van der Waals surface area contributed by atoms with E-state index < -0.39 is 0 Å². The van der Waals surface area contributed by atoms with Crippen LogP contribution in [0.3, 0.4) is 0 Å². The molecule has 2 rings (SSSR count). The maximum Gasteiger partial charge on any atom is 0.258 e. The second kappa shape index (κ2) is 9.69. The van der Waals surface area contributed by atoms with E-state index in [1.54, 1.807) is 6.07 Å². The van der Waals surface area contributed by atoms with Gasteiger partial charge in [0.2, 0.25) is 0 Å². The largest absolute Gasteiger partial charge is 0.490 e. The summed E-state index contributed by atoms with van der Waals surface area (Å²) in [5, 5.41) is 2.94. The lowest BCUT2D eigenvalue weighted by Gasteiger charge is -2.25. The Bertz CT molecular complexity index is 659. The maximum atomic E-state index is 12.1. The van der Waals surface area contributed by atoms with Crippen molar-refractivity contribution in [1.29, 1.82) is 0 Å². The minimum atomic E-state index is -0.158. The van der Waals surface area contributed by atoms with Gasteiger partial charge in [-0.2, -0.15) is 0 Å². The molecule has 0 fully saturated rings. The van der Waals surface area contributed by atoms with Gasteiger partial charge in [-0.25, -0.2) is 0 Å². The number of nitrogens with zero attached hydrogens (tertiary/aromatic N) is 1. The van der Waals surface area contributed by atoms with E-state index in [9.17, 15) is 4.79 Å². The topological polar surface area (TPSA) is 50.8 Å². The molecule has 1 N–H and O–H groups in total. The van der Waals surface area contributed by atoms with E-state index in [4.69, 9.17) is 9.47 Å². The molecule has 1 unspecified atom stereocenters. The van der Waals surface area contributed by atoms with E-state index in [1.165, 1.54) is 0 Å². The zero-order valence-electron chi connectivity index (χ0n) is 15.1. The smallest absolute Gasteiger partial charge is 0.258 e. The fraction of sp³-hybridized carbons (Fsp3) is 0.350. The molecule has 134 valence electrons. The van der Waals surface area contributed by atoms with Gasteiger partial charge in [-0.1, -0.05) is 42.5 Å². The van der Waals surface area contributed by atoms with Gasteiger partial charge < -0.3 is 19.7 Å². The van der Waals surface area contributed by atoms with Crippen molar-refractivity contribution in [1.82, 2.24) is 10.2 Å². The van der Waals surface area contributed by atoms with Crippen LogP contribution in [0.15, 0.2) is 54.6 Å². The van der Waals surface area contributed by atoms with E-state index in [1.807, 2.05) is 57.4 Å². The van der Waals surface area contributed by atoms with E-state index in [0.717, 1.165) is 5.56 Å². The summed E-state index contributed by atoms with van der Waals surface area (Å²) in [5.41, 5.74) is 1.16. The number of nitrogens with one attached hydrogen (secondary N) is 1. The molecule has 0 heterocycles. The lowest BCUT2D eigenvalue weighted by molar-refractivity contribution is -0.123. The van der Waals surface area contributed by atoms with E-state index in [-0.39, 0.29) is 18.6 Å². The summed E-state index contributed by atoms with van der Waals surface area (Å²) in [5.74, 6) is 1.06. The zero-order valence-corrected chi connectivity index (χ0v) is 15.1. The van der Waals surface area contributed by atoms with Gasteiger partial charge in [-0.3, -0.25) is 4.79 Å². The van der Waals surface area contributed by atoms with Crippen molar-refractivity contribution < 1.29 is 14.3 Å². The first-order valence-corrected chi connectivity index (χ1v) is 8.44. The summed E-state index contributed by atoms with van der Waals surface area (Å²) < 4.78 is 11.1. The highest BCUT2D eigenvalue weighted by atomic mass is 16.5. The van der Waals surface area contributed by atoms with Crippen LogP contribution in [0.25, 0.3) is 0 Å². The number of benzene rings is 2. The average Bonchev–Trinajstić information content (AvgIpc) is 2.62. The number of amides is 1. The normalized spacial score (nSPS) is 11.8. The van der Waals surface area contributed by atoms with Crippen LogP contribution in [0.1, 0.15) is 18.5 Å². The second-order valence-electron chi connectivity index (χ2n) is 5.86. The van der Waals surface area contributed by atoms with E-state index in [0.29, 0.717) is 24.7 Å². The highest BCUT2D eigenvalue weighted by Crippen LogP contribution is 2.26. The number of hydrogen-bond acceptors (Lipinski definition) is 4. The maximum absolute atomic E-state index is 12.1. The molecule has 5 heteroatoms. The molecule has 0 aliphatic heterocycles. The van der Waals surface area contributed by atoms with Gasteiger partial charge >= 0.3 is 0 Å². The molecule has 5 nitrogen and oxygen atoms in total. The monoisotopic (exact) mass is 342 g/mol. The average molecular weight is 342 g/mol. The lowest BCUT2D eigenvalue weighted by atomic mass is 10.1. The lowest BCUT2D eigenvalue weighted by Crippen LogP contribution is -2.36. The Labute approximate surface area is 149 Å². The third-order valence-electron chi connectivity index (χ3n) is 3.81. The number of carbonyl (C=O) groups excluding carboxylic acids is 1. The number of para-hydroxylation sites is 2. The molecule has 25 heavy (non-hydrogen) atoms. The minimum absolute atomic E-state index is 0.0426. The van der Waals surface area contributed by atoms with Crippen molar-refractivity contribution >= 4 is 5.91 Å². The first kappa shape index (κ1) is 18.8. The molecule has 2 aromatic rings. The van der Waals surface area contributed by atoms with Crippen LogP contribution in [0.4, 0.5) is 0 Å². The molecular formula is C20H26N2O3. The number of rotatable bonds is 9. The Kier molecular flexibility index (Phi) is 7.29. The SMILES string of the molecule is CCOc1ccccc1OCC(=O)NCC(c1ccccc1)N(C)C. The van der Waals surface area contributed by atoms with Gasteiger partial charge in [0.05, 0.1) is 12.6 Å². The second-order valence-corrected chi connectivity index (χ2v) is 5.86. The fourth-order valence-electron chi connectivity index (χ4n) is 2.52. The predicted molar refractivity (Wildman–Crippen MR) is 99.0 cm³/mol. The molecule has 1 atom stereocenters. The Morgan fingerprint density at radius 3 is 2.20 bits per heavy atom. The van der Waals surface area contributed by atoms with Gasteiger partial charge in [-0.15, -0.1) is 0 Å². The van der Waals surface area contributed by atoms with Crippen molar-refractivity contribution in [3.63, 3.8) is 0 Å². The van der Waals surface area contributed by atoms with Crippen LogP contribution < -0.4 is 14.8 Å². The van der Waals surface area contributed by atoms with Crippen molar-refractivity contribution in [3.8, 4) is 11.5 Å². The number of likely N-dealkylation sites (N-methyl/N-ethyl adjacent to an activating group) is 1. The molecule has 0 aliphatic rings. The number of hydrogen-bond donors (Lipinski definition) is 1. The summed E-state index contributed by atoms with van der Waals surface area (Å²) in [6.45, 7) is 2.94. The standard InChI is InChI=1S/C20H26N2O3/c1-4-24-18-12-8-9-13-19(18)25-15-20(23)21-14-17(22(2)3)16-10-6-5-7-11-16/h5-13,17H,4,14-15H2,1-3H3,(H,21,23). The zero-order chi connectivity index (χ0) is 18.1. The highest BCUT2D eigenvalue weighted by Gasteiger charge is 2.15. The molecule has 0 spiro atoms. The van der Waals surface area contributed by atoms with Gasteiger partial charge in [0.15, 0.2) is 18.1 Å². The Balaban J connectivity index is 1.88. The van der Waals surface area contributed by atoms with Crippen LogP contribution >= 0.6 is 0 Å². The van der Waals surface area contributed by atoms with E-state index >= 15 is 0 Å². The molecule has 0 saturated heterocycles. The molecule has 0 aliphatic carbocycles. The third kappa shape index (κ3) is 5.80. The number of ether oxygens (including phenoxy) is 2. The van der Waals surface area contributed by atoms with Crippen LogP contribution in [-0.4, -0.2) is 44.7 Å². The molecule has 0 radical (unpaired) electrons. The summed E-state index contributed by atoms with van der Waals surface area (Å²) in [6.07, 6.45) is 0. The van der Waals surface area contributed by atoms with Crippen LogP contribution in [-0.2, 0) is 4.79 Å². The first-order valence-electron chi connectivity index (χ1n) is 8.44. The summed E-state index contributed by atoms with van der Waals surface area (Å²) >= 11 is 0. The molecule has 0 aromatic heterocycles. The summed E-state index contributed by atoms with van der Waals surface area (Å²) in [7, 11) is 4.00. The van der Waals surface area contributed by atoms with Gasteiger partial charge in [0.1, 0.15) is 0 Å².